The molecule has 0 aliphatic carbocycles. The number of thiazole rings is 1. The van der Waals surface area contributed by atoms with Crippen LogP contribution in [0, 0.1) is 0 Å². The van der Waals surface area contributed by atoms with E-state index in [1.807, 2.05) is 30.3 Å². The van der Waals surface area contributed by atoms with Gasteiger partial charge < -0.3 is 5.32 Å². The molecule has 6 heteroatoms. The van der Waals surface area contributed by atoms with Crippen LogP contribution in [0.15, 0.2) is 54.2 Å². The molecule has 110 valence electrons. The number of hydrogen-bond donors (Lipinski definition) is 1. The normalized spacial score (nSPS) is 10.4. The maximum absolute atomic E-state index is 12.1. The minimum atomic E-state index is -0.216. The fraction of sp³-hybridized carbons (Fsp3) is 0.0625. The van der Waals surface area contributed by atoms with E-state index in [4.69, 9.17) is 11.6 Å². The summed E-state index contributed by atoms with van der Waals surface area (Å²) in [5.74, 6) is -0.216. The molecule has 0 aliphatic heterocycles. The fourth-order valence-electron chi connectivity index (χ4n) is 1.91. The summed E-state index contributed by atoms with van der Waals surface area (Å²) in [5.41, 5.74) is 2.17. The average molecular weight is 330 g/mol. The maximum atomic E-state index is 12.1. The molecule has 3 rings (SSSR count). The van der Waals surface area contributed by atoms with Gasteiger partial charge in [0.05, 0.1) is 0 Å². The number of pyridine rings is 1. The Morgan fingerprint density at radius 2 is 2.09 bits per heavy atom. The van der Waals surface area contributed by atoms with Gasteiger partial charge in [0.15, 0.2) is 0 Å². The smallest absolute Gasteiger partial charge is 0.271 e. The van der Waals surface area contributed by atoms with Gasteiger partial charge in [-0.2, -0.15) is 0 Å². The Kier molecular flexibility index (Phi) is 4.46. The molecule has 0 aliphatic rings. The number of carbonyl (C=O) groups is 1. The summed E-state index contributed by atoms with van der Waals surface area (Å²) in [5, 5.41) is 5.98. The first-order valence-corrected chi connectivity index (χ1v) is 7.87. The highest BCUT2D eigenvalue weighted by molar-refractivity contribution is 7.13. The Labute approximate surface area is 136 Å². The Hall–Kier alpha value is -2.24. The summed E-state index contributed by atoms with van der Waals surface area (Å²) in [6.45, 7) is 0.373. The molecule has 1 aromatic carbocycles. The van der Waals surface area contributed by atoms with Crippen LogP contribution in [0.1, 0.15) is 16.1 Å². The summed E-state index contributed by atoms with van der Waals surface area (Å²) >= 11 is 7.48. The largest absolute Gasteiger partial charge is 0.347 e. The lowest BCUT2D eigenvalue weighted by Crippen LogP contribution is -2.23. The third kappa shape index (κ3) is 3.32. The van der Waals surface area contributed by atoms with Gasteiger partial charge in [0.2, 0.25) is 0 Å². The lowest BCUT2D eigenvalue weighted by atomic mass is 10.2. The lowest BCUT2D eigenvalue weighted by molar-refractivity contribution is 0.0946. The van der Waals surface area contributed by atoms with Gasteiger partial charge in [-0.3, -0.25) is 9.78 Å². The standard InChI is InChI=1S/C16H12ClN3OS/c17-13-6-2-1-4-11(13)9-19-15(21)14-10-22-16(20-14)12-5-3-7-18-8-12/h1-8,10H,9H2,(H,19,21). The first kappa shape index (κ1) is 14.7. The highest BCUT2D eigenvalue weighted by Gasteiger charge is 2.12. The minimum Gasteiger partial charge on any atom is -0.347 e. The van der Waals surface area contributed by atoms with Gasteiger partial charge in [0, 0.05) is 34.9 Å². The molecule has 2 aromatic heterocycles. The molecule has 1 N–H and O–H groups in total. The van der Waals surface area contributed by atoms with Gasteiger partial charge in [0.25, 0.3) is 5.91 Å². The molecule has 4 nitrogen and oxygen atoms in total. The topological polar surface area (TPSA) is 54.9 Å². The van der Waals surface area contributed by atoms with Crippen LogP contribution in [0.5, 0.6) is 0 Å². The maximum Gasteiger partial charge on any atom is 0.271 e. The molecule has 1 amide bonds. The number of amides is 1. The predicted octanol–water partition coefficient (Wildman–Crippen LogP) is 3.79. The van der Waals surface area contributed by atoms with Crippen LogP contribution in [0.25, 0.3) is 10.6 Å². The number of nitrogens with zero attached hydrogens (tertiary/aromatic N) is 2. The van der Waals surface area contributed by atoms with Crippen LogP contribution in [0.2, 0.25) is 5.02 Å². The van der Waals surface area contributed by atoms with E-state index in [0.29, 0.717) is 17.3 Å². The highest BCUT2D eigenvalue weighted by Crippen LogP contribution is 2.22. The van der Waals surface area contributed by atoms with Crippen molar-refractivity contribution in [3.05, 3.63) is 70.5 Å². The van der Waals surface area contributed by atoms with E-state index in [-0.39, 0.29) is 5.91 Å². The molecule has 0 saturated carbocycles. The highest BCUT2D eigenvalue weighted by atomic mass is 35.5. The first-order valence-electron chi connectivity index (χ1n) is 6.61. The molecular weight excluding hydrogens is 318 g/mol. The van der Waals surface area contributed by atoms with Crippen LogP contribution in [0.3, 0.4) is 0 Å². The van der Waals surface area contributed by atoms with Gasteiger partial charge in [-0.05, 0) is 23.8 Å². The van der Waals surface area contributed by atoms with Crippen molar-refractivity contribution in [2.45, 2.75) is 6.54 Å². The average Bonchev–Trinajstić information content (AvgIpc) is 3.05. The van der Waals surface area contributed by atoms with Crippen molar-refractivity contribution in [1.29, 1.82) is 0 Å². The van der Waals surface area contributed by atoms with E-state index in [1.165, 1.54) is 11.3 Å². The zero-order valence-corrected chi connectivity index (χ0v) is 13.1. The van der Waals surface area contributed by atoms with Crippen LogP contribution < -0.4 is 5.32 Å². The zero-order valence-electron chi connectivity index (χ0n) is 11.5. The van der Waals surface area contributed by atoms with Crippen LogP contribution >= 0.6 is 22.9 Å². The van der Waals surface area contributed by atoms with Crippen molar-refractivity contribution in [1.82, 2.24) is 15.3 Å². The van der Waals surface area contributed by atoms with E-state index < -0.39 is 0 Å². The summed E-state index contributed by atoms with van der Waals surface area (Å²) in [4.78, 5) is 20.5. The lowest BCUT2D eigenvalue weighted by Gasteiger charge is -2.05. The third-order valence-corrected chi connectivity index (χ3v) is 4.30. The Morgan fingerprint density at radius 3 is 2.86 bits per heavy atom. The van der Waals surface area contributed by atoms with Crippen LogP contribution in [-0.4, -0.2) is 15.9 Å². The molecule has 0 unspecified atom stereocenters. The van der Waals surface area contributed by atoms with Crippen molar-refractivity contribution in [2.75, 3.05) is 0 Å². The number of nitrogens with one attached hydrogen (secondary N) is 1. The Morgan fingerprint density at radius 1 is 1.23 bits per heavy atom. The van der Waals surface area contributed by atoms with Gasteiger partial charge in [-0.25, -0.2) is 4.98 Å². The zero-order chi connectivity index (χ0) is 15.4. The molecule has 0 atom stereocenters. The summed E-state index contributed by atoms with van der Waals surface area (Å²) < 4.78 is 0. The van der Waals surface area contributed by atoms with Crippen LogP contribution in [0.4, 0.5) is 0 Å². The van der Waals surface area contributed by atoms with E-state index >= 15 is 0 Å². The predicted molar refractivity (Wildman–Crippen MR) is 88.0 cm³/mol. The number of halogens is 1. The molecule has 0 radical (unpaired) electrons. The molecule has 22 heavy (non-hydrogen) atoms. The molecule has 0 saturated heterocycles. The first-order chi connectivity index (χ1) is 10.7. The second-order valence-corrected chi connectivity index (χ2v) is 5.82. The van der Waals surface area contributed by atoms with Gasteiger partial charge >= 0.3 is 0 Å². The van der Waals surface area contributed by atoms with Gasteiger partial charge in [-0.15, -0.1) is 11.3 Å². The molecular formula is C16H12ClN3OS. The third-order valence-electron chi connectivity index (χ3n) is 3.04. The van der Waals surface area contributed by atoms with E-state index in [9.17, 15) is 4.79 Å². The van der Waals surface area contributed by atoms with Crippen molar-refractivity contribution < 1.29 is 4.79 Å². The number of rotatable bonds is 4. The van der Waals surface area contributed by atoms with Crippen molar-refractivity contribution in [3.63, 3.8) is 0 Å². The molecule has 0 fully saturated rings. The number of hydrogen-bond acceptors (Lipinski definition) is 4. The molecule has 0 spiro atoms. The Balaban J connectivity index is 1.69. The van der Waals surface area contributed by atoms with E-state index in [0.717, 1.165) is 16.1 Å². The minimum absolute atomic E-state index is 0.216. The van der Waals surface area contributed by atoms with Crippen molar-refractivity contribution in [2.24, 2.45) is 0 Å². The molecule has 2 heterocycles. The number of benzene rings is 1. The fourth-order valence-corrected chi connectivity index (χ4v) is 2.90. The van der Waals surface area contributed by atoms with Gasteiger partial charge in [0.1, 0.15) is 10.7 Å². The summed E-state index contributed by atoms with van der Waals surface area (Å²) in [7, 11) is 0. The molecule has 0 bridgehead atoms. The quantitative estimate of drug-likeness (QED) is 0.792. The van der Waals surface area contributed by atoms with Crippen LogP contribution in [-0.2, 0) is 6.54 Å². The molecule has 3 aromatic rings. The SMILES string of the molecule is O=C(NCc1ccccc1Cl)c1csc(-c2cccnc2)n1. The monoisotopic (exact) mass is 329 g/mol. The Bertz CT molecular complexity index is 789. The second-order valence-electron chi connectivity index (χ2n) is 4.55. The number of carbonyl (C=O) groups excluding carboxylic acids is 1. The number of aromatic nitrogens is 2. The second kappa shape index (κ2) is 6.68. The van der Waals surface area contributed by atoms with E-state index in [2.05, 4.69) is 15.3 Å². The van der Waals surface area contributed by atoms with Gasteiger partial charge in [-0.1, -0.05) is 29.8 Å². The summed E-state index contributed by atoms with van der Waals surface area (Å²) in [6.07, 6.45) is 3.43. The van der Waals surface area contributed by atoms with Crippen molar-refractivity contribution in [3.8, 4) is 10.6 Å². The van der Waals surface area contributed by atoms with E-state index in [1.54, 1.807) is 23.8 Å². The van der Waals surface area contributed by atoms with Crippen molar-refractivity contribution >= 4 is 28.8 Å². The summed E-state index contributed by atoms with van der Waals surface area (Å²) in [6, 6.07) is 11.2.